The molecule has 0 radical (unpaired) electrons. The molecule has 1 N–H and O–H groups in total. The number of nitrogens with zero attached hydrogens (tertiary/aromatic N) is 4. The summed E-state index contributed by atoms with van der Waals surface area (Å²) in [6.45, 7) is 0.440. The summed E-state index contributed by atoms with van der Waals surface area (Å²) in [7, 11) is 4.88. The number of likely N-dealkylation sites (N-methyl/N-ethyl adjacent to an activating group) is 1. The molecule has 0 aliphatic carbocycles. The highest BCUT2D eigenvalue weighted by Crippen LogP contribution is 1.93. The lowest BCUT2D eigenvalue weighted by Gasteiger charge is -2.17. The maximum atomic E-state index is 11.7. The third-order valence-electron chi connectivity index (χ3n) is 2.30. The molecule has 100 valence electrons. The van der Waals surface area contributed by atoms with E-state index in [2.05, 4.69) is 20.0 Å². The number of urea groups is 1. The SMILES string of the molecule is CN(C)C(=O)NCC(=O)N(C)CCc1ncon1. The summed E-state index contributed by atoms with van der Waals surface area (Å²) < 4.78 is 4.59. The zero-order chi connectivity index (χ0) is 13.5. The molecule has 0 bridgehead atoms. The van der Waals surface area contributed by atoms with Crippen LogP contribution < -0.4 is 5.32 Å². The first-order chi connectivity index (χ1) is 8.50. The molecular weight excluding hydrogens is 238 g/mol. The van der Waals surface area contributed by atoms with Gasteiger partial charge in [0.15, 0.2) is 5.82 Å². The Balaban J connectivity index is 2.26. The highest BCUT2D eigenvalue weighted by Gasteiger charge is 2.11. The minimum Gasteiger partial charge on any atom is -0.344 e. The number of carbonyl (C=O) groups is 2. The fourth-order valence-electron chi connectivity index (χ4n) is 1.14. The first-order valence-corrected chi connectivity index (χ1v) is 5.45. The second-order valence-corrected chi connectivity index (χ2v) is 3.97. The Morgan fingerprint density at radius 1 is 1.39 bits per heavy atom. The van der Waals surface area contributed by atoms with Crippen molar-refractivity contribution in [3.63, 3.8) is 0 Å². The van der Waals surface area contributed by atoms with E-state index in [1.54, 1.807) is 21.1 Å². The van der Waals surface area contributed by atoms with E-state index in [4.69, 9.17) is 0 Å². The Hall–Kier alpha value is -2.12. The number of hydrogen-bond acceptors (Lipinski definition) is 5. The van der Waals surface area contributed by atoms with E-state index in [9.17, 15) is 9.59 Å². The minimum atomic E-state index is -0.296. The highest BCUT2D eigenvalue weighted by molar-refractivity contribution is 5.83. The van der Waals surface area contributed by atoms with Gasteiger partial charge in [-0.15, -0.1) is 0 Å². The van der Waals surface area contributed by atoms with Crippen LogP contribution >= 0.6 is 0 Å². The second-order valence-electron chi connectivity index (χ2n) is 3.97. The summed E-state index contributed by atoms with van der Waals surface area (Å²) in [5.74, 6) is 0.376. The van der Waals surface area contributed by atoms with Crippen LogP contribution in [-0.4, -0.2) is 66.1 Å². The molecule has 0 spiro atoms. The Morgan fingerprint density at radius 2 is 2.11 bits per heavy atom. The fourth-order valence-corrected chi connectivity index (χ4v) is 1.14. The fraction of sp³-hybridized carbons (Fsp3) is 0.600. The lowest BCUT2D eigenvalue weighted by Crippen LogP contribution is -2.42. The van der Waals surface area contributed by atoms with Crippen molar-refractivity contribution in [2.45, 2.75) is 6.42 Å². The predicted octanol–water partition coefficient (Wildman–Crippen LogP) is -0.658. The molecule has 1 rings (SSSR count). The third-order valence-corrected chi connectivity index (χ3v) is 2.30. The number of amides is 3. The van der Waals surface area contributed by atoms with Gasteiger partial charge in [-0.25, -0.2) is 4.79 Å². The van der Waals surface area contributed by atoms with Crippen molar-refractivity contribution in [3.05, 3.63) is 12.2 Å². The first-order valence-electron chi connectivity index (χ1n) is 5.45. The number of nitrogens with one attached hydrogen (secondary N) is 1. The quantitative estimate of drug-likeness (QED) is 0.754. The van der Waals surface area contributed by atoms with Gasteiger partial charge in [-0.3, -0.25) is 4.79 Å². The number of aromatic nitrogens is 2. The summed E-state index contributed by atoms with van der Waals surface area (Å²) in [5, 5.41) is 6.15. The van der Waals surface area contributed by atoms with Gasteiger partial charge in [0.05, 0.1) is 6.54 Å². The summed E-state index contributed by atoms with van der Waals surface area (Å²) >= 11 is 0. The van der Waals surface area contributed by atoms with E-state index in [0.29, 0.717) is 18.8 Å². The largest absolute Gasteiger partial charge is 0.344 e. The average molecular weight is 255 g/mol. The van der Waals surface area contributed by atoms with Crippen molar-refractivity contribution in [2.24, 2.45) is 0 Å². The third kappa shape index (κ3) is 4.40. The molecular formula is C10H17N5O3. The minimum absolute atomic E-state index is 0.0280. The Labute approximate surface area is 105 Å². The lowest BCUT2D eigenvalue weighted by molar-refractivity contribution is -0.128. The van der Waals surface area contributed by atoms with Crippen LogP contribution in [0.1, 0.15) is 5.82 Å². The Kier molecular flexibility index (Phi) is 5.09. The van der Waals surface area contributed by atoms with E-state index in [1.807, 2.05) is 0 Å². The maximum Gasteiger partial charge on any atom is 0.317 e. The molecule has 8 nitrogen and oxygen atoms in total. The monoisotopic (exact) mass is 255 g/mol. The molecule has 0 aliphatic rings. The van der Waals surface area contributed by atoms with Gasteiger partial charge < -0.3 is 19.6 Å². The normalized spacial score (nSPS) is 9.94. The van der Waals surface area contributed by atoms with Gasteiger partial charge in [0, 0.05) is 34.1 Å². The number of carbonyl (C=O) groups excluding carboxylic acids is 2. The zero-order valence-electron chi connectivity index (χ0n) is 10.7. The molecule has 1 aromatic heterocycles. The summed E-state index contributed by atoms with van der Waals surface area (Å²) in [6, 6.07) is -0.296. The van der Waals surface area contributed by atoms with Gasteiger partial charge >= 0.3 is 6.03 Å². The van der Waals surface area contributed by atoms with Crippen molar-refractivity contribution in [1.29, 1.82) is 0 Å². The molecule has 0 saturated carbocycles. The van der Waals surface area contributed by atoms with E-state index in [1.165, 1.54) is 16.2 Å². The Morgan fingerprint density at radius 3 is 2.67 bits per heavy atom. The molecule has 0 aromatic carbocycles. The van der Waals surface area contributed by atoms with Crippen LogP contribution in [0.4, 0.5) is 4.79 Å². The Bertz CT molecular complexity index is 390. The molecule has 0 fully saturated rings. The molecule has 0 saturated heterocycles. The second kappa shape index (κ2) is 6.58. The number of rotatable bonds is 5. The molecule has 0 unspecified atom stereocenters. The van der Waals surface area contributed by atoms with Crippen LogP contribution in [-0.2, 0) is 11.2 Å². The van der Waals surface area contributed by atoms with Gasteiger partial charge in [-0.2, -0.15) is 4.98 Å². The molecule has 1 aromatic rings. The topological polar surface area (TPSA) is 91.6 Å². The molecule has 0 atom stereocenters. The van der Waals surface area contributed by atoms with Gasteiger partial charge in [-0.1, -0.05) is 5.16 Å². The molecule has 1 heterocycles. The van der Waals surface area contributed by atoms with Crippen LogP contribution in [0.15, 0.2) is 10.9 Å². The predicted molar refractivity (Wildman–Crippen MR) is 62.7 cm³/mol. The van der Waals surface area contributed by atoms with Gasteiger partial charge in [-0.05, 0) is 0 Å². The van der Waals surface area contributed by atoms with Crippen molar-refractivity contribution in [1.82, 2.24) is 25.3 Å². The summed E-state index contributed by atoms with van der Waals surface area (Å²) in [5.41, 5.74) is 0. The smallest absolute Gasteiger partial charge is 0.317 e. The van der Waals surface area contributed by atoms with Crippen LogP contribution in [0, 0.1) is 0 Å². The highest BCUT2D eigenvalue weighted by atomic mass is 16.5. The van der Waals surface area contributed by atoms with Gasteiger partial charge in [0.25, 0.3) is 0 Å². The molecule has 0 aliphatic heterocycles. The van der Waals surface area contributed by atoms with Crippen molar-refractivity contribution in [2.75, 3.05) is 34.2 Å². The molecule has 18 heavy (non-hydrogen) atoms. The van der Waals surface area contributed by atoms with E-state index >= 15 is 0 Å². The van der Waals surface area contributed by atoms with Gasteiger partial charge in [0.1, 0.15) is 0 Å². The molecule has 3 amide bonds. The van der Waals surface area contributed by atoms with Crippen LogP contribution in [0.3, 0.4) is 0 Å². The van der Waals surface area contributed by atoms with Crippen molar-refractivity contribution < 1.29 is 14.1 Å². The molecule has 8 heteroatoms. The van der Waals surface area contributed by atoms with E-state index < -0.39 is 0 Å². The lowest BCUT2D eigenvalue weighted by atomic mass is 10.3. The average Bonchev–Trinajstić information content (AvgIpc) is 2.85. The maximum absolute atomic E-state index is 11.7. The van der Waals surface area contributed by atoms with Crippen LogP contribution in [0.5, 0.6) is 0 Å². The van der Waals surface area contributed by atoms with Crippen LogP contribution in [0.25, 0.3) is 0 Å². The standard InChI is InChI=1S/C10H17N5O3/c1-14(2)10(17)11-6-9(16)15(3)5-4-8-12-7-18-13-8/h7H,4-6H2,1-3H3,(H,11,17). The summed E-state index contributed by atoms with van der Waals surface area (Å²) in [4.78, 5) is 29.6. The van der Waals surface area contributed by atoms with E-state index in [-0.39, 0.29) is 18.5 Å². The number of hydrogen-bond donors (Lipinski definition) is 1. The first kappa shape index (κ1) is 13.9. The van der Waals surface area contributed by atoms with Crippen molar-refractivity contribution >= 4 is 11.9 Å². The van der Waals surface area contributed by atoms with Crippen molar-refractivity contribution in [3.8, 4) is 0 Å². The van der Waals surface area contributed by atoms with Crippen LogP contribution in [0.2, 0.25) is 0 Å². The summed E-state index contributed by atoms with van der Waals surface area (Å²) in [6.07, 6.45) is 1.76. The van der Waals surface area contributed by atoms with Gasteiger partial charge in [0.2, 0.25) is 12.3 Å². The van der Waals surface area contributed by atoms with E-state index in [0.717, 1.165) is 0 Å². The zero-order valence-corrected chi connectivity index (χ0v) is 10.7.